The van der Waals surface area contributed by atoms with E-state index >= 15 is 0 Å². The summed E-state index contributed by atoms with van der Waals surface area (Å²) in [6.07, 6.45) is 2.14. The number of amides is 1. The van der Waals surface area contributed by atoms with E-state index < -0.39 is 0 Å². The van der Waals surface area contributed by atoms with Crippen LogP contribution in [0.15, 0.2) is 18.2 Å². The average molecular weight is 379 g/mol. The summed E-state index contributed by atoms with van der Waals surface area (Å²) in [6.45, 7) is 8.23. The maximum Gasteiger partial charge on any atom is 0.415 e. The zero-order valence-corrected chi connectivity index (χ0v) is 16.2. The van der Waals surface area contributed by atoms with Crippen molar-refractivity contribution < 1.29 is 9.53 Å². The number of aryl methyl sites for hydroxylation is 2. The number of hydrogen-bond acceptors (Lipinski definition) is 4. The standard InChI is InChI=1S/C19H22N2O2S.ClH/c1-12-13(2)24-17-4-3-15(9-16(12)17)21-11-19(23-18(21)22)10-20-7-5-14(19)6-8-20;/h3-4,9,14H,5-8,10-11H2,1-2H3;1H/t19-;/m1./s1. The molecule has 0 saturated carbocycles. The fourth-order valence-electron chi connectivity index (χ4n) is 4.71. The van der Waals surface area contributed by atoms with Gasteiger partial charge in [-0.15, -0.1) is 23.7 Å². The number of ether oxygens (including phenoxy) is 1. The second kappa shape index (κ2) is 5.86. The molecule has 4 nitrogen and oxygen atoms in total. The minimum atomic E-state index is -0.290. The summed E-state index contributed by atoms with van der Waals surface area (Å²) in [5, 5.41) is 1.26. The molecule has 1 amide bonds. The summed E-state index contributed by atoms with van der Waals surface area (Å²) in [4.78, 5) is 18.3. The van der Waals surface area contributed by atoms with E-state index in [0.717, 1.165) is 38.2 Å². The number of fused-ring (bicyclic) bond motifs is 3. The number of nitrogens with zero attached hydrogens (tertiary/aromatic N) is 2. The van der Waals surface area contributed by atoms with Crippen LogP contribution in [0.3, 0.4) is 0 Å². The van der Waals surface area contributed by atoms with Gasteiger partial charge in [-0.2, -0.15) is 0 Å². The van der Waals surface area contributed by atoms with Gasteiger partial charge in [0.1, 0.15) is 5.60 Å². The first-order chi connectivity index (χ1) is 11.6. The highest BCUT2D eigenvalue weighted by Gasteiger charge is 2.55. The lowest BCUT2D eigenvalue weighted by atomic mass is 9.75. The van der Waals surface area contributed by atoms with Crippen molar-refractivity contribution in [3.05, 3.63) is 28.6 Å². The molecule has 5 heterocycles. The molecule has 1 spiro atoms. The molecule has 2 bridgehead atoms. The van der Waals surface area contributed by atoms with E-state index in [0.29, 0.717) is 12.5 Å². The van der Waals surface area contributed by atoms with Gasteiger partial charge < -0.3 is 4.74 Å². The van der Waals surface area contributed by atoms with Crippen LogP contribution in [0, 0.1) is 19.8 Å². The summed E-state index contributed by atoms with van der Waals surface area (Å²) >= 11 is 1.82. The summed E-state index contributed by atoms with van der Waals surface area (Å²) in [5.41, 5.74) is 2.01. The van der Waals surface area contributed by atoms with Gasteiger partial charge >= 0.3 is 6.09 Å². The maximum atomic E-state index is 12.6. The molecule has 6 rings (SSSR count). The Hall–Kier alpha value is -1.30. The molecule has 4 aliphatic heterocycles. The van der Waals surface area contributed by atoms with Gasteiger partial charge in [0.25, 0.3) is 0 Å². The predicted molar refractivity (Wildman–Crippen MR) is 104 cm³/mol. The van der Waals surface area contributed by atoms with Crippen molar-refractivity contribution in [3.8, 4) is 0 Å². The molecule has 1 aromatic carbocycles. The Morgan fingerprint density at radius 3 is 2.64 bits per heavy atom. The molecule has 134 valence electrons. The van der Waals surface area contributed by atoms with Crippen LogP contribution >= 0.6 is 23.7 Å². The van der Waals surface area contributed by atoms with Gasteiger partial charge in [-0.05, 0) is 68.9 Å². The monoisotopic (exact) mass is 378 g/mol. The Morgan fingerprint density at radius 2 is 1.96 bits per heavy atom. The van der Waals surface area contributed by atoms with Crippen molar-refractivity contribution in [3.63, 3.8) is 0 Å². The van der Waals surface area contributed by atoms with Crippen LogP contribution < -0.4 is 4.90 Å². The number of anilines is 1. The van der Waals surface area contributed by atoms with Crippen molar-refractivity contribution >= 4 is 45.6 Å². The van der Waals surface area contributed by atoms with E-state index in [4.69, 9.17) is 4.74 Å². The largest absolute Gasteiger partial charge is 0.439 e. The summed E-state index contributed by atoms with van der Waals surface area (Å²) in [5.74, 6) is 0.519. The third-order valence-corrected chi connectivity index (χ3v) is 7.42. The van der Waals surface area contributed by atoms with Crippen LogP contribution in [0.1, 0.15) is 23.3 Å². The third kappa shape index (κ3) is 2.47. The van der Waals surface area contributed by atoms with Gasteiger partial charge in [-0.3, -0.25) is 9.80 Å². The van der Waals surface area contributed by atoms with Crippen molar-refractivity contribution in [2.75, 3.05) is 31.1 Å². The van der Waals surface area contributed by atoms with Gasteiger partial charge in [-0.1, -0.05) is 0 Å². The Balaban J connectivity index is 0.00000157. The molecular weight excluding hydrogens is 356 g/mol. The second-order valence-corrected chi connectivity index (χ2v) is 8.79. The quantitative estimate of drug-likeness (QED) is 0.739. The zero-order valence-electron chi connectivity index (χ0n) is 14.6. The van der Waals surface area contributed by atoms with E-state index in [1.54, 1.807) is 0 Å². The van der Waals surface area contributed by atoms with E-state index in [2.05, 4.69) is 36.9 Å². The molecule has 25 heavy (non-hydrogen) atoms. The van der Waals surface area contributed by atoms with Crippen molar-refractivity contribution in [1.29, 1.82) is 0 Å². The van der Waals surface area contributed by atoms with Crippen molar-refractivity contribution in [2.45, 2.75) is 32.3 Å². The highest BCUT2D eigenvalue weighted by molar-refractivity contribution is 7.19. The molecule has 1 atom stereocenters. The van der Waals surface area contributed by atoms with Crippen LogP contribution in [-0.4, -0.2) is 42.8 Å². The number of halogens is 1. The first kappa shape index (κ1) is 17.1. The lowest BCUT2D eigenvalue weighted by molar-refractivity contribution is -0.0881. The number of hydrogen-bond donors (Lipinski definition) is 0. The highest BCUT2D eigenvalue weighted by atomic mass is 35.5. The number of carbonyl (C=O) groups is 1. The van der Waals surface area contributed by atoms with Crippen LogP contribution in [0.5, 0.6) is 0 Å². The summed E-state index contributed by atoms with van der Waals surface area (Å²) in [7, 11) is 0. The first-order valence-electron chi connectivity index (χ1n) is 8.78. The Morgan fingerprint density at radius 1 is 1.20 bits per heavy atom. The molecule has 0 aliphatic carbocycles. The smallest absolute Gasteiger partial charge is 0.415 e. The number of thiophene rings is 1. The Kier molecular flexibility index (Phi) is 4.02. The van der Waals surface area contributed by atoms with Gasteiger partial charge in [0.05, 0.1) is 6.54 Å². The minimum absolute atomic E-state index is 0. The molecule has 2 aromatic rings. The Bertz CT molecular complexity index is 843. The third-order valence-electron chi connectivity index (χ3n) is 6.23. The van der Waals surface area contributed by atoms with E-state index in [1.807, 2.05) is 16.2 Å². The minimum Gasteiger partial charge on any atom is -0.439 e. The predicted octanol–water partition coefficient (Wildman–Crippen LogP) is 4.36. The van der Waals surface area contributed by atoms with E-state index in [-0.39, 0.29) is 24.1 Å². The van der Waals surface area contributed by atoms with Gasteiger partial charge in [0, 0.05) is 27.7 Å². The summed E-state index contributed by atoms with van der Waals surface area (Å²) in [6, 6.07) is 6.37. The molecule has 6 heteroatoms. The van der Waals surface area contributed by atoms with E-state index in [1.165, 1.54) is 20.5 Å². The van der Waals surface area contributed by atoms with Crippen molar-refractivity contribution in [2.24, 2.45) is 5.92 Å². The number of benzene rings is 1. The van der Waals surface area contributed by atoms with Gasteiger partial charge in [0.2, 0.25) is 0 Å². The molecule has 4 saturated heterocycles. The zero-order chi connectivity index (χ0) is 16.5. The molecule has 4 fully saturated rings. The fourth-order valence-corrected chi connectivity index (χ4v) is 5.76. The number of rotatable bonds is 1. The number of carbonyl (C=O) groups excluding carboxylic acids is 1. The molecule has 4 aliphatic rings. The first-order valence-corrected chi connectivity index (χ1v) is 9.60. The van der Waals surface area contributed by atoms with E-state index in [9.17, 15) is 4.79 Å². The molecule has 0 N–H and O–H groups in total. The lowest BCUT2D eigenvalue weighted by Gasteiger charge is -2.49. The summed E-state index contributed by atoms with van der Waals surface area (Å²) < 4.78 is 7.28. The average Bonchev–Trinajstić information content (AvgIpc) is 3.05. The highest BCUT2D eigenvalue weighted by Crippen LogP contribution is 2.44. The van der Waals surface area contributed by atoms with Crippen LogP contribution in [0.2, 0.25) is 0 Å². The maximum absolute atomic E-state index is 12.6. The SMILES string of the molecule is Cc1sc2ccc(N3C[C@@]4(CN5CCC4CC5)OC3=O)cc2c1C.Cl. The number of piperidine rings is 3. The van der Waals surface area contributed by atoms with Crippen LogP contribution in [0.25, 0.3) is 10.1 Å². The van der Waals surface area contributed by atoms with Crippen LogP contribution in [-0.2, 0) is 4.74 Å². The Labute approximate surface area is 158 Å². The molecule has 0 radical (unpaired) electrons. The van der Waals surface area contributed by atoms with Crippen LogP contribution in [0.4, 0.5) is 10.5 Å². The second-order valence-electron chi connectivity index (χ2n) is 7.53. The van der Waals surface area contributed by atoms with Crippen molar-refractivity contribution in [1.82, 2.24) is 4.90 Å². The lowest BCUT2D eigenvalue weighted by Crippen LogP contribution is -2.61. The molecular formula is C19H23ClN2O2S. The van der Waals surface area contributed by atoms with Gasteiger partial charge in [-0.25, -0.2) is 4.79 Å². The topological polar surface area (TPSA) is 32.8 Å². The van der Waals surface area contributed by atoms with Gasteiger partial charge in [0.15, 0.2) is 0 Å². The molecule has 1 aromatic heterocycles. The normalized spacial score (nSPS) is 30.8. The fraction of sp³-hybridized carbons (Fsp3) is 0.526. The molecule has 0 unspecified atom stereocenters.